The molecule has 0 N–H and O–H groups in total. The highest BCUT2D eigenvalue weighted by Crippen LogP contribution is 2.42. The summed E-state index contributed by atoms with van der Waals surface area (Å²) in [7, 11) is 3.29. The molecule has 2 aromatic carbocycles. The van der Waals surface area contributed by atoms with Crippen molar-refractivity contribution in [3.63, 3.8) is 0 Å². The smallest absolute Gasteiger partial charge is 0.255 e. The highest BCUT2D eigenvalue weighted by Gasteiger charge is 2.34. The van der Waals surface area contributed by atoms with Gasteiger partial charge in [-0.15, -0.1) is 11.3 Å². The van der Waals surface area contributed by atoms with Gasteiger partial charge in [-0.2, -0.15) is 0 Å². The third-order valence-electron chi connectivity index (χ3n) is 5.82. The minimum Gasteiger partial charge on any atom is -0.493 e. The van der Waals surface area contributed by atoms with E-state index in [4.69, 9.17) is 9.47 Å². The fourth-order valence-corrected chi connectivity index (χ4v) is 5.22. The lowest BCUT2D eigenvalue weighted by atomic mass is 9.90. The average Bonchev–Trinajstić information content (AvgIpc) is 3.36. The molecule has 0 saturated carbocycles. The van der Waals surface area contributed by atoms with Gasteiger partial charge in [0.2, 0.25) is 0 Å². The van der Waals surface area contributed by atoms with Crippen LogP contribution in [-0.2, 0) is 6.42 Å². The van der Waals surface area contributed by atoms with Crippen molar-refractivity contribution in [2.75, 3.05) is 20.8 Å². The molecule has 1 atom stereocenters. The summed E-state index contributed by atoms with van der Waals surface area (Å²) in [6.07, 6.45) is 2.51. The number of fused-ring (bicyclic) bond motifs is 2. The number of amides is 1. The second-order valence-corrected chi connectivity index (χ2v) is 8.43. The summed E-state index contributed by atoms with van der Waals surface area (Å²) in [6.45, 7) is 0.626. The van der Waals surface area contributed by atoms with Gasteiger partial charge in [0.05, 0.1) is 25.8 Å². The Morgan fingerprint density at radius 3 is 2.68 bits per heavy atom. The lowest BCUT2D eigenvalue weighted by molar-refractivity contribution is 0.0699. The highest BCUT2D eigenvalue weighted by molar-refractivity contribution is 7.10. The molecular formula is C25H22N2O3S. The summed E-state index contributed by atoms with van der Waals surface area (Å²) in [6, 6.07) is 17.6. The number of hydrogen-bond donors (Lipinski definition) is 0. The monoisotopic (exact) mass is 430 g/mol. The molecule has 0 saturated heterocycles. The Hall–Kier alpha value is -3.38. The SMILES string of the molecule is COc1cc2c(cc1OC)C(c1cccs1)N(C(=O)c1cccc3ncccc13)CC2. The number of pyridine rings is 1. The van der Waals surface area contributed by atoms with Gasteiger partial charge < -0.3 is 14.4 Å². The van der Waals surface area contributed by atoms with E-state index in [1.807, 2.05) is 53.4 Å². The number of rotatable bonds is 4. The molecule has 1 aliphatic rings. The third-order valence-corrected chi connectivity index (χ3v) is 6.75. The summed E-state index contributed by atoms with van der Waals surface area (Å²) < 4.78 is 11.1. The molecular weight excluding hydrogens is 408 g/mol. The minimum atomic E-state index is -0.178. The number of carbonyl (C=O) groups excluding carboxylic acids is 1. The molecule has 0 radical (unpaired) electrons. The van der Waals surface area contributed by atoms with Crippen molar-refractivity contribution in [2.45, 2.75) is 12.5 Å². The molecule has 31 heavy (non-hydrogen) atoms. The van der Waals surface area contributed by atoms with Gasteiger partial charge in [-0.05, 0) is 59.3 Å². The van der Waals surface area contributed by atoms with Crippen LogP contribution in [0.3, 0.4) is 0 Å². The maximum atomic E-state index is 13.9. The highest BCUT2D eigenvalue weighted by atomic mass is 32.1. The number of methoxy groups -OCH3 is 2. The molecule has 3 heterocycles. The van der Waals surface area contributed by atoms with E-state index in [2.05, 4.69) is 16.4 Å². The maximum absolute atomic E-state index is 13.9. The summed E-state index contributed by atoms with van der Waals surface area (Å²) in [5.74, 6) is 1.40. The standard InChI is InChI=1S/C25H22N2O3S/c1-29-21-14-16-10-12-27(24(23-9-5-13-31-23)19(16)15-22(21)30-2)25(28)18-6-3-8-20-17(18)7-4-11-26-20/h3-9,11,13-15,24H,10,12H2,1-2H3. The third kappa shape index (κ3) is 3.33. The van der Waals surface area contributed by atoms with E-state index in [1.54, 1.807) is 31.8 Å². The fraction of sp³-hybridized carbons (Fsp3) is 0.200. The van der Waals surface area contributed by atoms with Gasteiger partial charge in [0, 0.05) is 28.6 Å². The van der Waals surface area contributed by atoms with Gasteiger partial charge in [-0.3, -0.25) is 9.78 Å². The van der Waals surface area contributed by atoms with Crippen molar-refractivity contribution >= 4 is 28.1 Å². The molecule has 0 bridgehead atoms. The predicted molar refractivity (Wildman–Crippen MR) is 122 cm³/mol. The summed E-state index contributed by atoms with van der Waals surface area (Å²) in [5.41, 5.74) is 3.76. The Bertz CT molecular complexity index is 1250. The van der Waals surface area contributed by atoms with E-state index in [9.17, 15) is 4.79 Å². The Kier molecular flexibility index (Phi) is 5.08. The van der Waals surface area contributed by atoms with Crippen LogP contribution >= 0.6 is 11.3 Å². The molecule has 1 unspecified atom stereocenters. The largest absolute Gasteiger partial charge is 0.493 e. The minimum absolute atomic E-state index is 0.0115. The number of benzene rings is 2. The lowest BCUT2D eigenvalue weighted by Crippen LogP contribution is -2.40. The first kappa shape index (κ1) is 19.6. The van der Waals surface area contributed by atoms with Gasteiger partial charge in [0.15, 0.2) is 11.5 Å². The maximum Gasteiger partial charge on any atom is 0.255 e. The zero-order valence-corrected chi connectivity index (χ0v) is 18.2. The first-order valence-electron chi connectivity index (χ1n) is 10.1. The number of hydrogen-bond acceptors (Lipinski definition) is 5. The van der Waals surface area contributed by atoms with Crippen molar-refractivity contribution in [1.29, 1.82) is 0 Å². The van der Waals surface area contributed by atoms with Crippen LogP contribution in [0.2, 0.25) is 0 Å². The van der Waals surface area contributed by atoms with Crippen LogP contribution in [0.15, 0.2) is 66.2 Å². The predicted octanol–water partition coefficient (Wildman–Crippen LogP) is 5.10. The molecule has 6 heteroatoms. The van der Waals surface area contributed by atoms with Crippen LogP contribution in [0.5, 0.6) is 11.5 Å². The Labute approximate surface area is 184 Å². The van der Waals surface area contributed by atoms with Crippen molar-refractivity contribution in [1.82, 2.24) is 9.88 Å². The summed E-state index contributed by atoms with van der Waals surface area (Å²) >= 11 is 1.66. The van der Waals surface area contributed by atoms with E-state index in [-0.39, 0.29) is 11.9 Å². The quantitative estimate of drug-likeness (QED) is 0.452. The number of carbonyl (C=O) groups is 1. The van der Waals surface area contributed by atoms with E-state index < -0.39 is 0 Å². The summed E-state index contributed by atoms with van der Waals surface area (Å²) in [5, 5.41) is 2.92. The Morgan fingerprint density at radius 1 is 1.06 bits per heavy atom. The topological polar surface area (TPSA) is 51.7 Å². The molecule has 0 spiro atoms. The fourth-order valence-electron chi connectivity index (χ4n) is 4.36. The normalized spacial score (nSPS) is 15.5. The van der Waals surface area contributed by atoms with Gasteiger partial charge in [-0.25, -0.2) is 0 Å². The van der Waals surface area contributed by atoms with E-state index >= 15 is 0 Å². The van der Waals surface area contributed by atoms with Crippen LogP contribution in [0.4, 0.5) is 0 Å². The number of thiophene rings is 1. The van der Waals surface area contributed by atoms with Crippen molar-refractivity contribution in [3.05, 3.63) is 87.7 Å². The molecule has 0 fully saturated rings. The van der Waals surface area contributed by atoms with Crippen LogP contribution in [0.25, 0.3) is 10.9 Å². The molecule has 156 valence electrons. The molecule has 1 aliphatic heterocycles. The first-order chi connectivity index (χ1) is 15.2. The zero-order chi connectivity index (χ0) is 21.4. The molecule has 4 aromatic rings. The van der Waals surface area contributed by atoms with Crippen LogP contribution < -0.4 is 9.47 Å². The van der Waals surface area contributed by atoms with E-state index in [1.165, 1.54) is 5.56 Å². The van der Waals surface area contributed by atoms with Gasteiger partial charge >= 0.3 is 0 Å². The van der Waals surface area contributed by atoms with E-state index in [0.717, 1.165) is 27.8 Å². The second kappa shape index (κ2) is 8.04. The Balaban J connectivity index is 1.65. The van der Waals surface area contributed by atoms with Gasteiger partial charge in [0.1, 0.15) is 0 Å². The summed E-state index contributed by atoms with van der Waals surface area (Å²) in [4.78, 5) is 21.4. The van der Waals surface area contributed by atoms with Crippen molar-refractivity contribution < 1.29 is 14.3 Å². The van der Waals surface area contributed by atoms with Crippen LogP contribution in [0.1, 0.15) is 32.4 Å². The second-order valence-electron chi connectivity index (χ2n) is 7.45. The van der Waals surface area contributed by atoms with Crippen molar-refractivity contribution in [3.8, 4) is 11.5 Å². The lowest BCUT2D eigenvalue weighted by Gasteiger charge is -2.37. The van der Waals surface area contributed by atoms with Crippen LogP contribution in [-0.4, -0.2) is 36.6 Å². The first-order valence-corrected chi connectivity index (χ1v) is 11.0. The van der Waals surface area contributed by atoms with Gasteiger partial charge in [0.25, 0.3) is 5.91 Å². The average molecular weight is 431 g/mol. The number of nitrogens with zero attached hydrogens (tertiary/aromatic N) is 2. The van der Waals surface area contributed by atoms with Crippen molar-refractivity contribution in [2.24, 2.45) is 0 Å². The number of aromatic nitrogens is 1. The Morgan fingerprint density at radius 2 is 1.90 bits per heavy atom. The zero-order valence-electron chi connectivity index (χ0n) is 17.4. The molecule has 2 aromatic heterocycles. The van der Waals surface area contributed by atoms with Crippen LogP contribution in [0, 0.1) is 0 Å². The molecule has 0 aliphatic carbocycles. The van der Waals surface area contributed by atoms with E-state index in [0.29, 0.717) is 23.6 Å². The molecule has 5 nitrogen and oxygen atoms in total. The molecule has 5 rings (SSSR count). The number of ether oxygens (including phenoxy) is 2. The molecule has 1 amide bonds. The van der Waals surface area contributed by atoms with Gasteiger partial charge in [-0.1, -0.05) is 18.2 Å².